The maximum atomic E-state index is 16.4. The van der Waals surface area contributed by atoms with Gasteiger partial charge in [0.1, 0.15) is 16.4 Å². The van der Waals surface area contributed by atoms with E-state index in [0.29, 0.717) is 41.7 Å². The lowest BCUT2D eigenvalue weighted by Gasteiger charge is -2.19. The Hall–Kier alpha value is -2.00. The van der Waals surface area contributed by atoms with Gasteiger partial charge in [-0.05, 0) is 57.1 Å². The molecule has 0 radical (unpaired) electrons. The van der Waals surface area contributed by atoms with Crippen molar-refractivity contribution >= 4 is 81.4 Å². The van der Waals surface area contributed by atoms with E-state index in [-0.39, 0.29) is 11.6 Å². The van der Waals surface area contributed by atoms with Crippen molar-refractivity contribution in [1.29, 1.82) is 0 Å². The molecule has 0 aliphatic heterocycles. The summed E-state index contributed by atoms with van der Waals surface area (Å²) in [6.07, 6.45) is 15.0. The number of carbonyl (C=O) groups excluding carboxylic acids is 1. The summed E-state index contributed by atoms with van der Waals surface area (Å²) in [7, 11) is 0. The molecule has 1 aromatic carbocycles. The van der Waals surface area contributed by atoms with Crippen LogP contribution in [-0.4, -0.2) is 19.0 Å². The highest BCUT2D eigenvalue weighted by Gasteiger charge is 2.28. The zero-order valence-corrected chi connectivity index (χ0v) is 34.6. The number of thiophene rings is 4. The van der Waals surface area contributed by atoms with Crippen LogP contribution in [0, 0.1) is 31.5 Å². The number of Topliss-reactive ketones (excluding diaryl/α,β-unsaturated/α-hetero) is 1. The number of benzene rings is 1. The van der Waals surface area contributed by atoms with Gasteiger partial charge in [0.2, 0.25) is 0 Å². The van der Waals surface area contributed by atoms with E-state index in [0.717, 1.165) is 83.1 Å². The lowest BCUT2D eigenvalue weighted by atomic mass is 10.0. The third-order valence-corrected chi connectivity index (χ3v) is 15.1. The van der Waals surface area contributed by atoms with E-state index in [1.54, 1.807) is 34.0 Å². The minimum Gasteiger partial charge on any atom is -0.491 e. The molecule has 274 valence electrons. The van der Waals surface area contributed by atoms with Crippen molar-refractivity contribution in [3.8, 4) is 21.3 Å². The molecule has 0 saturated heterocycles. The molecule has 0 aliphatic carbocycles. The van der Waals surface area contributed by atoms with E-state index in [2.05, 4.69) is 60.6 Å². The van der Waals surface area contributed by atoms with Crippen LogP contribution in [0.1, 0.15) is 144 Å². The fraction of sp³-hybridized carbons (Fsp3) is 0.595. The molecule has 2 atom stereocenters. The normalized spacial score (nSPS) is 13.2. The van der Waals surface area contributed by atoms with Crippen LogP contribution in [0.3, 0.4) is 0 Å². The summed E-state index contributed by atoms with van der Waals surface area (Å²) >= 11 is 6.44. The average Bonchev–Trinajstić information content (AvgIpc) is 3.88. The third-order valence-electron chi connectivity index (χ3n) is 10.1. The number of halogens is 1. The van der Waals surface area contributed by atoms with Crippen molar-refractivity contribution in [1.82, 2.24) is 0 Å². The predicted octanol–water partition coefficient (Wildman–Crippen LogP) is 15.5. The van der Waals surface area contributed by atoms with E-state index >= 15 is 4.39 Å². The van der Waals surface area contributed by atoms with Crippen LogP contribution in [0.15, 0.2) is 12.1 Å². The minimum atomic E-state index is -0.339. The average molecular weight is 757 g/mol. The maximum Gasteiger partial charge on any atom is 0.175 e. The lowest BCUT2D eigenvalue weighted by Crippen LogP contribution is -2.12. The van der Waals surface area contributed by atoms with Crippen LogP contribution < -0.4 is 9.47 Å². The van der Waals surface area contributed by atoms with Crippen molar-refractivity contribution in [3.05, 3.63) is 32.6 Å². The Bertz CT molecular complexity index is 1780. The van der Waals surface area contributed by atoms with Crippen molar-refractivity contribution < 1.29 is 18.7 Å². The van der Waals surface area contributed by atoms with Gasteiger partial charge in [0.25, 0.3) is 0 Å². The second-order valence-corrected chi connectivity index (χ2v) is 18.6. The van der Waals surface area contributed by atoms with Crippen molar-refractivity contribution in [3.63, 3.8) is 0 Å². The number of ketones is 1. The first-order chi connectivity index (χ1) is 24.3. The fourth-order valence-corrected chi connectivity index (χ4v) is 11.6. The van der Waals surface area contributed by atoms with Gasteiger partial charge < -0.3 is 9.47 Å². The van der Waals surface area contributed by atoms with Crippen LogP contribution in [0.25, 0.3) is 40.0 Å². The van der Waals surface area contributed by atoms with Crippen molar-refractivity contribution in [2.45, 2.75) is 138 Å². The van der Waals surface area contributed by atoms with Crippen molar-refractivity contribution in [2.75, 3.05) is 13.2 Å². The molecule has 0 aliphatic rings. The highest BCUT2D eigenvalue weighted by molar-refractivity contribution is 7.30. The molecule has 5 rings (SSSR count). The molecule has 0 amide bonds. The SMILES string of the molecule is CCCCCCCC(=O)c1sc2c(C)sc(-c3cc4c(OCC(CC)CCCC)c5sc(C)cc5c(OCC(CC)CCCC)c4s3)c2c1F. The summed E-state index contributed by atoms with van der Waals surface area (Å²) in [5.41, 5.74) is 0. The second-order valence-electron chi connectivity index (χ2n) is 14.1. The number of carbonyl (C=O) groups is 1. The Morgan fingerprint density at radius 2 is 1.28 bits per heavy atom. The summed E-state index contributed by atoms with van der Waals surface area (Å²) < 4.78 is 33.2. The highest BCUT2D eigenvalue weighted by atomic mass is 32.1. The molecule has 5 aromatic rings. The van der Waals surface area contributed by atoms with Crippen molar-refractivity contribution in [2.24, 2.45) is 11.8 Å². The third kappa shape index (κ3) is 8.78. The van der Waals surface area contributed by atoms with Crippen LogP contribution in [0.4, 0.5) is 4.39 Å². The Kier molecular flexibility index (Phi) is 14.6. The summed E-state index contributed by atoms with van der Waals surface area (Å²) in [5, 5.41) is 2.79. The number of hydrogen-bond acceptors (Lipinski definition) is 7. The van der Waals surface area contributed by atoms with Crippen LogP contribution in [0.5, 0.6) is 11.5 Å². The number of hydrogen-bond donors (Lipinski definition) is 0. The van der Waals surface area contributed by atoms with E-state index in [1.807, 2.05) is 0 Å². The first kappa shape index (κ1) is 39.2. The highest BCUT2D eigenvalue weighted by Crippen LogP contribution is 2.54. The summed E-state index contributed by atoms with van der Waals surface area (Å²) in [5.74, 6) is 2.47. The maximum absolute atomic E-state index is 16.4. The largest absolute Gasteiger partial charge is 0.491 e. The molecule has 8 heteroatoms. The van der Waals surface area contributed by atoms with Gasteiger partial charge >= 0.3 is 0 Å². The van der Waals surface area contributed by atoms with Crippen LogP contribution >= 0.6 is 45.3 Å². The Balaban J connectivity index is 1.60. The zero-order valence-electron chi connectivity index (χ0n) is 31.4. The molecule has 2 unspecified atom stereocenters. The number of unbranched alkanes of at least 4 members (excludes halogenated alkanes) is 6. The molecule has 0 N–H and O–H groups in total. The van der Waals surface area contributed by atoms with E-state index in [1.165, 1.54) is 67.6 Å². The smallest absolute Gasteiger partial charge is 0.175 e. The molecule has 4 aromatic heterocycles. The molecular formula is C42H57FO3S4. The summed E-state index contributed by atoms with van der Waals surface area (Å²) in [4.78, 5) is 17.8. The van der Waals surface area contributed by atoms with Gasteiger partial charge in [0.15, 0.2) is 11.6 Å². The first-order valence-corrected chi connectivity index (χ1v) is 22.5. The van der Waals surface area contributed by atoms with Gasteiger partial charge in [-0.1, -0.05) is 98.8 Å². The van der Waals surface area contributed by atoms with Gasteiger partial charge in [-0.25, -0.2) is 4.39 Å². The van der Waals surface area contributed by atoms with E-state index < -0.39 is 0 Å². The van der Waals surface area contributed by atoms with E-state index in [9.17, 15) is 4.79 Å². The van der Waals surface area contributed by atoms with Gasteiger partial charge in [0, 0.05) is 37.2 Å². The Morgan fingerprint density at radius 3 is 1.88 bits per heavy atom. The van der Waals surface area contributed by atoms with E-state index in [4.69, 9.17) is 9.47 Å². The van der Waals surface area contributed by atoms with Gasteiger partial charge in [-0.2, -0.15) is 0 Å². The molecule has 3 nitrogen and oxygen atoms in total. The summed E-state index contributed by atoms with van der Waals surface area (Å²) in [6, 6.07) is 4.48. The quantitative estimate of drug-likeness (QED) is 0.0521. The van der Waals surface area contributed by atoms with Gasteiger partial charge in [0.05, 0.1) is 32.2 Å². The second kappa shape index (κ2) is 18.7. The molecule has 4 heterocycles. The summed E-state index contributed by atoms with van der Waals surface area (Å²) in [6.45, 7) is 16.8. The van der Waals surface area contributed by atoms with Gasteiger partial charge in [-0.15, -0.1) is 45.3 Å². The molecule has 50 heavy (non-hydrogen) atoms. The fourth-order valence-electron chi connectivity index (χ4n) is 6.89. The predicted molar refractivity (Wildman–Crippen MR) is 221 cm³/mol. The van der Waals surface area contributed by atoms with Crippen LogP contribution in [-0.2, 0) is 0 Å². The molecular weight excluding hydrogens is 700 g/mol. The van der Waals surface area contributed by atoms with Crippen LogP contribution in [0.2, 0.25) is 0 Å². The first-order valence-electron chi connectivity index (χ1n) is 19.3. The molecule has 0 saturated carbocycles. The Morgan fingerprint density at radius 1 is 0.700 bits per heavy atom. The number of rotatable bonds is 22. The lowest BCUT2D eigenvalue weighted by molar-refractivity contribution is 0.0979. The minimum absolute atomic E-state index is 0.0593. The van der Waals surface area contributed by atoms with Gasteiger partial charge in [-0.3, -0.25) is 4.79 Å². The zero-order chi connectivity index (χ0) is 35.8. The Labute approximate surface area is 315 Å². The number of ether oxygens (including phenoxy) is 2. The number of aryl methyl sites for hydroxylation is 2. The molecule has 0 bridgehead atoms. The monoisotopic (exact) mass is 756 g/mol. The topological polar surface area (TPSA) is 35.5 Å². The molecule has 0 fully saturated rings. The molecule has 0 spiro atoms. The number of fused-ring (bicyclic) bond motifs is 3. The standard InChI is InChI=1S/C42H57FO3S4/c1-8-13-16-17-18-21-32(44)41-35(43)34-38(50-41)27(7)48-42(34)33-23-31-37(46-25-29(12-5)20-15-10-3)39-30(22-26(6)47-39)36(40(31)49-33)45-24-28(11-4)19-14-9-2/h22-23,28-29H,8-21,24-25H2,1-7H3.